The van der Waals surface area contributed by atoms with Crippen LogP contribution in [0.1, 0.15) is 43.7 Å². The zero-order valence-corrected chi connectivity index (χ0v) is 9.74. The van der Waals surface area contributed by atoms with Gasteiger partial charge >= 0.3 is 0 Å². The van der Waals surface area contributed by atoms with Crippen molar-refractivity contribution in [2.75, 3.05) is 6.67 Å². The monoisotopic (exact) mass is 225 g/mol. The van der Waals surface area contributed by atoms with Gasteiger partial charge < -0.3 is 0 Å². The second-order valence-electron chi connectivity index (χ2n) is 4.28. The fourth-order valence-electron chi connectivity index (χ4n) is 1.71. The van der Waals surface area contributed by atoms with E-state index in [4.69, 9.17) is 0 Å². The van der Waals surface area contributed by atoms with Gasteiger partial charge in [-0.15, -0.1) is 0 Å². The molecule has 0 spiro atoms. The van der Waals surface area contributed by atoms with E-state index in [1.54, 1.807) is 13.0 Å². The first-order valence-electron chi connectivity index (χ1n) is 5.31. The van der Waals surface area contributed by atoms with Gasteiger partial charge in [-0.25, -0.2) is 0 Å². The van der Waals surface area contributed by atoms with Crippen LogP contribution < -0.4 is 0 Å². The summed E-state index contributed by atoms with van der Waals surface area (Å²) < 4.78 is 12.7. The van der Waals surface area contributed by atoms with Crippen molar-refractivity contribution in [3.63, 3.8) is 0 Å². The molecule has 0 aliphatic heterocycles. The van der Waals surface area contributed by atoms with Crippen LogP contribution in [0.3, 0.4) is 0 Å². The van der Waals surface area contributed by atoms with Crippen LogP contribution in [0.5, 0.6) is 0 Å². The number of hydrogen-bond acceptors (Lipinski definition) is 2. The molecule has 0 N–H and O–H groups in total. The van der Waals surface area contributed by atoms with E-state index in [2.05, 4.69) is 0 Å². The topological polar surface area (TPSA) is 43.1 Å². The Balaban J connectivity index is 3.26. The van der Waals surface area contributed by atoms with Gasteiger partial charge in [0, 0.05) is 18.1 Å². The Morgan fingerprint density at radius 1 is 1.31 bits per heavy atom. The highest BCUT2D eigenvalue weighted by atomic mass is 19.1. The van der Waals surface area contributed by atoms with E-state index >= 15 is 0 Å². The van der Waals surface area contributed by atoms with Crippen molar-refractivity contribution in [1.29, 1.82) is 0 Å². The molecule has 0 fully saturated rings. The van der Waals surface area contributed by atoms with E-state index in [-0.39, 0.29) is 17.5 Å². The number of nitro groups is 1. The Labute approximate surface area is 94.4 Å². The summed E-state index contributed by atoms with van der Waals surface area (Å²) in [7, 11) is 0. The summed E-state index contributed by atoms with van der Waals surface area (Å²) in [6.07, 6.45) is 0. The summed E-state index contributed by atoms with van der Waals surface area (Å²) in [6.45, 7) is 5.23. The van der Waals surface area contributed by atoms with Crippen molar-refractivity contribution in [2.45, 2.75) is 32.6 Å². The summed E-state index contributed by atoms with van der Waals surface area (Å²) >= 11 is 0. The lowest BCUT2D eigenvalue weighted by Gasteiger charge is -2.16. The van der Waals surface area contributed by atoms with Crippen molar-refractivity contribution in [2.24, 2.45) is 0 Å². The van der Waals surface area contributed by atoms with Crippen LogP contribution in [0.15, 0.2) is 18.2 Å². The van der Waals surface area contributed by atoms with Gasteiger partial charge in [-0.2, -0.15) is 0 Å². The predicted molar refractivity (Wildman–Crippen MR) is 61.6 cm³/mol. The van der Waals surface area contributed by atoms with Gasteiger partial charge in [0.25, 0.3) is 5.69 Å². The second kappa shape index (κ2) is 5.05. The van der Waals surface area contributed by atoms with E-state index in [1.165, 1.54) is 12.1 Å². The van der Waals surface area contributed by atoms with Crippen LogP contribution in [0.2, 0.25) is 0 Å². The van der Waals surface area contributed by atoms with Crippen LogP contribution in [0, 0.1) is 10.1 Å². The van der Waals surface area contributed by atoms with Gasteiger partial charge in [0.2, 0.25) is 0 Å². The molecule has 0 aliphatic carbocycles. The molecule has 0 radical (unpaired) electrons. The Bertz CT molecular complexity index is 391. The molecule has 0 aromatic heterocycles. The minimum absolute atomic E-state index is 0.0275. The maximum atomic E-state index is 12.7. The SMILES string of the molecule is CC(C)c1ccc([N+](=O)[O-])cc1C(C)CF. The lowest BCUT2D eigenvalue weighted by atomic mass is 9.90. The minimum atomic E-state index is -0.499. The number of benzene rings is 1. The first-order chi connectivity index (χ1) is 7.47. The highest BCUT2D eigenvalue weighted by Crippen LogP contribution is 2.29. The maximum Gasteiger partial charge on any atom is 0.269 e. The third-order valence-electron chi connectivity index (χ3n) is 2.67. The Hall–Kier alpha value is -1.45. The molecule has 1 unspecified atom stereocenters. The zero-order valence-electron chi connectivity index (χ0n) is 9.74. The number of nitrogens with zero attached hydrogens (tertiary/aromatic N) is 1. The molecule has 3 nitrogen and oxygen atoms in total. The Morgan fingerprint density at radius 3 is 2.38 bits per heavy atom. The highest BCUT2D eigenvalue weighted by Gasteiger charge is 2.17. The van der Waals surface area contributed by atoms with Crippen molar-refractivity contribution in [3.05, 3.63) is 39.4 Å². The number of hydrogen-bond donors (Lipinski definition) is 0. The lowest BCUT2D eigenvalue weighted by Crippen LogP contribution is -2.04. The highest BCUT2D eigenvalue weighted by molar-refractivity contribution is 5.43. The molecule has 1 rings (SSSR count). The quantitative estimate of drug-likeness (QED) is 0.578. The molecule has 1 aromatic rings. The molecule has 0 saturated carbocycles. The van der Waals surface area contributed by atoms with Crippen LogP contribution in [0.4, 0.5) is 10.1 Å². The molecule has 1 aromatic carbocycles. The average Bonchev–Trinajstić information content (AvgIpc) is 2.26. The van der Waals surface area contributed by atoms with Crippen LogP contribution >= 0.6 is 0 Å². The Kier molecular flexibility index (Phi) is 3.99. The molecule has 1 atom stereocenters. The molecule has 4 heteroatoms. The van der Waals surface area contributed by atoms with Crippen LogP contribution in [-0.2, 0) is 0 Å². The molecule has 0 saturated heterocycles. The number of non-ortho nitro benzene ring substituents is 1. The van der Waals surface area contributed by atoms with Gasteiger partial charge in [-0.05, 0) is 17.0 Å². The number of rotatable bonds is 4. The molecule has 0 amide bonds. The van der Waals surface area contributed by atoms with Gasteiger partial charge in [-0.1, -0.05) is 26.8 Å². The second-order valence-corrected chi connectivity index (χ2v) is 4.28. The average molecular weight is 225 g/mol. The molecule has 0 bridgehead atoms. The van der Waals surface area contributed by atoms with Gasteiger partial charge in [-0.3, -0.25) is 14.5 Å². The lowest BCUT2D eigenvalue weighted by molar-refractivity contribution is -0.384. The van der Waals surface area contributed by atoms with Crippen molar-refractivity contribution < 1.29 is 9.31 Å². The fraction of sp³-hybridized carbons (Fsp3) is 0.500. The third-order valence-corrected chi connectivity index (χ3v) is 2.67. The van der Waals surface area contributed by atoms with Gasteiger partial charge in [0.15, 0.2) is 0 Å². The molecule has 0 heterocycles. The third kappa shape index (κ3) is 2.56. The van der Waals surface area contributed by atoms with E-state index in [0.29, 0.717) is 0 Å². The number of halogens is 1. The van der Waals surface area contributed by atoms with Crippen molar-refractivity contribution >= 4 is 5.69 Å². The van der Waals surface area contributed by atoms with Gasteiger partial charge in [0.1, 0.15) is 0 Å². The van der Waals surface area contributed by atoms with E-state index in [1.807, 2.05) is 13.8 Å². The van der Waals surface area contributed by atoms with E-state index in [0.717, 1.165) is 11.1 Å². The summed E-state index contributed by atoms with van der Waals surface area (Å²) in [5, 5.41) is 10.7. The smallest absolute Gasteiger partial charge is 0.258 e. The molecule has 88 valence electrons. The molecule has 16 heavy (non-hydrogen) atoms. The summed E-state index contributed by atoms with van der Waals surface area (Å²) in [5.41, 5.74) is 1.75. The summed E-state index contributed by atoms with van der Waals surface area (Å²) in [6, 6.07) is 4.69. The van der Waals surface area contributed by atoms with Crippen LogP contribution in [0.25, 0.3) is 0 Å². The minimum Gasteiger partial charge on any atom is -0.258 e. The summed E-state index contributed by atoms with van der Waals surface area (Å²) in [4.78, 5) is 10.2. The molecular formula is C12H16FNO2. The first kappa shape index (κ1) is 12.6. The number of alkyl halides is 1. The van der Waals surface area contributed by atoms with Crippen molar-refractivity contribution in [1.82, 2.24) is 0 Å². The number of nitro benzene ring substituents is 1. The standard InChI is InChI=1S/C12H16FNO2/c1-8(2)11-5-4-10(14(15)16)6-12(11)9(3)7-13/h4-6,8-9H,7H2,1-3H3. The van der Waals surface area contributed by atoms with Crippen molar-refractivity contribution in [3.8, 4) is 0 Å². The summed E-state index contributed by atoms with van der Waals surface area (Å²) in [5.74, 6) is -0.0536. The van der Waals surface area contributed by atoms with E-state index in [9.17, 15) is 14.5 Å². The normalized spacial score (nSPS) is 12.8. The molecule has 0 aliphatic rings. The predicted octanol–water partition coefficient (Wildman–Crippen LogP) is 3.79. The Morgan fingerprint density at radius 2 is 1.94 bits per heavy atom. The van der Waals surface area contributed by atoms with Crippen LogP contribution in [-0.4, -0.2) is 11.6 Å². The molecular weight excluding hydrogens is 209 g/mol. The van der Waals surface area contributed by atoms with E-state index < -0.39 is 11.6 Å². The first-order valence-corrected chi connectivity index (χ1v) is 5.31. The maximum absolute atomic E-state index is 12.7. The fourth-order valence-corrected chi connectivity index (χ4v) is 1.71. The van der Waals surface area contributed by atoms with Gasteiger partial charge in [0.05, 0.1) is 11.6 Å². The zero-order chi connectivity index (χ0) is 12.3. The largest absolute Gasteiger partial charge is 0.269 e.